The van der Waals surface area contributed by atoms with Crippen LogP contribution in [0.15, 0.2) is 60.7 Å². The normalized spacial score (nSPS) is 25.3. The zero-order valence-electron chi connectivity index (χ0n) is 46.8. The highest BCUT2D eigenvalue weighted by atomic mass is 35.5. The van der Waals surface area contributed by atoms with Gasteiger partial charge >= 0.3 is 12.4 Å². The van der Waals surface area contributed by atoms with Gasteiger partial charge in [0.15, 0.2) is 0 Å². The van der Waals surface area contributed by atoms with E-state index in [1.807, 2.05) is 0 Å². The maximum atomic E-state index is 13.5. The summed E-state index contributed by atoms with van der Waals surface area (Å²) in [7, 11) is 0. The van der Waals surface area contributed by atoms with E-state index in [4.69, 9.17) is 11.6 Å². The minimum atomic E-state index is -5.03. The highest BCUT2D eigenvalue weighted by Gasteiger charge is 2.40. The molecule has 6 saturated carbocycles. The first-order chi connectivity index (χ1) is 39.9. The van der Waals surface area contributed by atoms with E-state index in [0.29, 0.717) is 112 Å². The van der Waals surface area contributed by atoms with Gasteiger partial charge in [0, 0.05) is 102 Å². The number of halogens is 16. The van der Waals surface area contributed by atoms with Crippen molar-refractivity contribution in [3.63, 3.8) is 0 Å². The third kappa shape index (κ3) is 21.8. The molecule has 0 heterocycles. The van der Waals surface area contributed by atoms with Gasteiger partial charge in [0.2, 0.25) is 17.8 Å². The number of hydrogen-bond acceptors (Lipinski definition) is 6. The summed E-state index contributed by atoms with van der Waals surface area (Å²) in [5.41, 5.74) is -3.84. The van der Waals surface area contributed by atoms with E-state index in [-0.39, 0.29) is 92.1 Å². The fourth-order valence-electron chi connectivity index (χ4n) is 12.2. The number of nitrogens with one attached hydrogen (secondary N) is 6. The Kier molecular flexibility index (Phi) is 23.5. The van der Waals surface area contributed by atoms with Crippen LogP contribution < -0.4 is 31.9 Å². The molecule has 0 saturated heterocycles. The van der Waals surface area contributed by atoms with E-state index in [2.05, 4.69) is 31.9 Å². The minimum Gasteiger partial charge on any atom is -0.349 e. The summed E-state index contributed by atoms with van der Waals surface area (Å²) in [5, 5.41) is 19.1. The standard InChI is InChI=1S/C21H24F8N2O.C20H25F5N2O.C19H25ClF2N2O/c22-19(23)5-3-12(4-6-19)11-30-16-1-2-17(10-16)31-18(32)13-7-14(20(24,25)26)9-15(8-13)21(27,28)29;21-15-8-13(18(22)23)7-14(9-15)19(28)27-17-2-1-16(10-17)26-11-12-3-5-20(24,25)6-4-12;20-15-3-1-2-14(10-15)18(25)24-17-5-4-16(11-17)23-12-13-6-8-19(21,22)9-7-13/h7-9,12,16-17,30H,1-6,10-11H2,(H,31,32);7-9,12,16-18,26H,1-6,10-11H2,(H,27,28);1-3,10,13,16-17,23H,4-9,11-12H2,(H,24,25)/t3*16-,17?/m000/s1. The van der Waals surface area contributed by atoms with Crippen molar-refractivity contribution in [3.8, 4) is 0 Å². The topological polar surface area (TPSA) is 123 Å². The number of rotatable bonds is 16. The molecule has 0 aliphatic heterocycles. The molecule has 3 unspecified atom stereocenters. The number of carbonyl (C=O) groups excluding carboxylic acids is 3. The maximum Gasteiger partial charge on any atom is 0.416 e. The lowest BCUT2D eigenvalue weighted by atomic mass is 9.86. The summed E-state index contributed by atoms with van der Waals surface area (Å²) in [4.78, 5) is 36.9. The molecule has 0 spiro atoms. The molecule has 9 rings (SSSR count). The van der Waals surface area contributed by atoms with E-state index in [9.17, 15) is 80.2 Å². The Morgan fingerprint density at radius 3 is 1.14 bits per heavy atom. The SMILES string of the molecule is O=C(NC1CC[C@H](NCC2CCC(F)(F)CC2)C1)c1cc(C(F)(F)F)cc(C(F)(F)F)c1.O=C(NC1CC[C@H](NCC2CCC(F)(F)CC2)C1)c1cc(F)cc(C(F)F)c1.O=C(NC1CC[C@H](NCC2CCC(F)(F)CC2)C1)c1cccc(Cl)c1. The largest absolute Gasteiger partial charge is 0.416 e. The van der Waals surface area contributed by atoms with E-state index >= 15 is 0 Å². The van der Waals surface area contributed by atoms with Gasteiger partial charge in [-0.1, -0.05) is 17.7 Å². The Morgan fingerprint density at radius 1 is 0.459 bits per heavy atom. The molecule has 85 heavy (non-hydrogen) atoms. The summed E-state index contributed by atoms with van der Waals surface area (Å²) in [6.45, 7) is 2.04. The number of hydrogen-bond donors (Lipinski definition) is 6. The number of benzene rings is 3. The Labute approximate surface area is 489 Å². The molecule has 9 nitrogen and oxygen atoms in total. The van der Waals surface area contributed by atoms with Gasteiger partial charge in [0.1, 0.15) is 5.82 Å². The van der Waals surface area contributed by atoms with Crippen LogP contribution in [0.5, 0.6) is 0 Å². The second-order valence-electron chi connectivity index (χ2n) is 24.0. The number of amides is 3. The van der Waals surface area contributed by atoms with Crippen LogP contribution in [0.25, 0.3) is 0 Å². The molecule has 474 valence electrons. The Hall–Kier alpha value is -4.81. The fourth-order valence-corrected chi connectivity index (χ4v) is 12.4. The van der Waals surface area contributed by atoms with Gasteiger partial charge in [-0.15, -0.1) is 0 Å². The molecule has 0 aromatic heterocycles. The molecule has 3 aromatic carbocycles. The lowest BCUT2D eigenvalue weighted by Gasteiger charge is -2.29. The quantitative estimate of drug-likeness (QED) is 0.0794. The van der Waals surface area contributed by atoms with Crippen LogP contribution in [0, 0.1) is 23.6 Å². The van der Waals surface area contributed by atoms with Crippen LogP contribution in [0.3, 0.4) is 0 Å². The molecule has 6 aliphatic rings. The monoisotopic (exact) mass is 1250 g/mol. The van der Waals surface area contributed by atoms with Crippen LogP contribution >= 0.6 is 11.6 Å². The van der Waals surface area contributed by atoms with Gasteiger partial charge in [-0.05, 0) is 188 Å². The summed E-state index contributed by atoms with van der Waals surface area (Å²) in [5.74, 6) is -9.39. The first-order valence-electron chi connectivity index (χ1n) is 29.3. The van der Waals surface area contributed by atoms with Crippen molar-refractivity contribution in [2.45, 2.75) is 208 Å². The van der Waals surface area contributed by atoms with Crippen LogP contribution in [0.4, 0.5) is 65.9 Å². The van der Waals surface area contributed by atoms with Gasteiger partial charge in [-0.3, -0.25) is 14.4 Å². The number of alkyl halides is 14. The van der Waals surface area contributed by atoms with Crippen molar-refractivity contribution < 1.29 is 80.2 Å². The van der Waals surface area contributed by atoms with Crippen LogP contribution in [0.2, 0.25) is 5.02 Å². The summed E-state index contributed by atoms with van der Waals surface area (Å²) in [6, 6.07) is 10.6. The van der Waals surface area contributed by atoms with Crippen molar-refractivity contribution in [2.24, 2.45) is 17.8 Å². The Balaban J connectivity index is 0.000000184. The van der Waals surface area contributed by atoms with Crippen molar-refractivity contribution >= 4 is 29.3 Å². The van der Waals surface area contributed by atoms with E-state index in [1.54, 1.807) is 24.3 Å². The molecule has 0 radical (unpaired) electrons. The molecule has 6 atom stereocenters. The molecule has 25 heteroatoms. The maximum absolute atomic E-state index is 13.5. The van der Waals surface area contributed by atoms with Crippen molar-refractivity contribution in [1.29, 1.82) is 0 Å². The molecular formula is C60H74ClF15N6O3. The molecule has 3 aromatic rings. The van der Waals surface area contributed by atoms with Crippen LogP contribution in [-0.2, 0) is 12.4 Å². The first-order valence-corrected chi connectivity index (χ1v) is 29.6. The molecule has 3 amide bonds. The van der Waals surface area contributed by atoms with Crippen LogP contribution in [0.1, 0.15) is 189 Å². The lowest BCUT2D eigenvalue weighted by molar-refractivity contribution is -0.143. The Bertz CT molecular complexity index is 2640. The molecule has 6 N–H and O–H groups in total. The minimum absolute atomic E-state index is 0.00465. The van der Waals surface area contributed by atoms with Crippen LogP contribution in [-0.4, -0.2) is 91.4 Å². The smallest absolute Gasteiger partial charge is 0.349 e. The number of carbonyl (C=O) groups is 3. The average molecular weight is 1250 g/mol. The molecule has 6 aliphatic carbocycles. The summed E-state index contributed by atoms with van der Waals surface area (Å²) >= 11 is 5.92. The highest BCUT2D eigenvalue weighted by Crippen LogP contribution is 2.40. The van der Waals surface area contributed by atoms with E-state index in [0.717, 1.165) is 56.8 Å². The van der Waals surface area contributed by atoms with Crippen molar-refractivity contribution in [1.82, 2.24) is 31.9 Å². The summed E-state index contributed by atoms with van der Waals surface area (Å²) < 4.78 is 196. The van der Waals surface area contributed by atoms with Gasteiger partial charge in [-0.25, -0.2) is 39.5 Å². The summed E-state index contributed by atoms with van der Waals surface area (Å²) in [6.07, 6.45) is -3.52. The van der Waals surface area contributed by atoms with Gasteiger partial charge in [0.05, 0.1) is 11.1 Å². The second-order valence-corrected chi connectivity index (χ2v) is 24.5. The van der Waals surface area contributed by atoms with Gasteiger partial charge < -0.3 is 31.9 Å². The zero-order chi connectivity index (χ0) is 61.9. The van der Waals surface area contributed by atoms with Crippen molar-refractivity contribution in [2.75, 3.05) is 19.6 Å². The fraction of sp³-hybridized carbons (Fsp3) is 0.650. The lowest BCUT2D eigenvalue weighted by Crippen LogP contribution is -2.37. The predicted molar refractivity (Wildman–Crippen MR) is 291 cm³/mol. The zero-order valence-corrected chi connectivity index (χ0v) is 47.5. The first kappa shape index (κ1) is 67.7. The third-order valence-corrected chi connectivity index (χ3v) is 17.5. The van der Waals surface area contributed by atoms with E-state index < -0.39 is 82.5 Å². The Morgan fingerprint density at radius 2 is 0.800 bits per heavy atom. The molecule has 6 fully saturated rings. The van der Waals surface area contributed by atoms with E-state index in [1.165, 1.54) is 0 Å². The highest BCUT2D eigenvalue weighted by molar-refractivity contribution is 6.31. The van der Waals surface area contributed by atoms with Gasteiger partial charge in [0.25, 0.3) is 24.1 Å². The molecule has 0 bridgehead atoms. The van der Waals surface area contributed by atoms with Crippen molar-refractivity contribution in [3.05, 3.63) is 105 Å². The average Bonchev–Trinajstić information content (AvgIpc) is 3.86. The molecular weight excluding hydrogens is 1170 g/mol. The van der Waals surface area contributed by atoms with Gasteiger partial charge in [-0.2, -0.15) is 26.3 Å². The second kappa shape index (κ2) is 29.5. The third-order valence-electron chi connectivity index (χ3n) is 17.3. The predicted octanol–water partition coefficient (Wildman–Crippen LogP) is 15.0.